The van der Waals surface area contributed by atoms with E-state index < -0.39 is 12.1 Å². The summed E-state index contributed by atoms with van der Waals surface area (Å²) >= 11 is 1.70. The van der Waals surface area contributed by atoms with E-state index in [-0.39, 0.29) is 12.3 Å². The number of aliphatic carboxylic acids is 1. The molecule has 1 atom stereocenters. The second-order valence-electron chi connectivity index (χ2n) is 6.29. The predicted molar refractivity (Wildman–Crippen MR) is 95.2 cm³/mol. The van der Waals surface area contributed by atoms with Gasteiger partial charge in [0, 0.05) is 29.4 Å². The summed E-state index contributed by atoms with van der Waals surface area (Å²) in [5.74, 6) is -0.961. The van der Waals surface area contributed by atoms with Crippen LogP contribution in [0.1, 0.15) is 33.0 Å². The Labute approximate surface area is 150 Å². The lowest BCUT2D eigenvalue weighted by molar-refractivity contribution is -0.141. The molecule has 0 saturated carbocycles. The summed E-state index contributed by atoms with van der Waals surface area (Å²) in [6.07, 6.45) is -0.522. The number of amides is 1. The highest BCUT2D eigenvalue weighted by molar-refractivity contribution is 7.09. The number of carboxylic acids is 1. The molecule has 6 nitrogen and oxygen atoms in total. The third kappa shape index (κ3) is 3.93. The Morgan fingerprint density at radius 1 is 1.40 bits per heavy atom. The quantitative estimate of drug-likeness (QED) is 0.887. The van der Waals surface area contributed by atoms with Crippen molar-refractivity contribution in [1.82, 2.24) is 9.47 Å². The van der Waals surface area contributed by atoms with E-state index in [0.29, 0.717) is 25.3 Å². The molecule has 134 valence electrons. The van der Waals surface area contributed by atoms with E-state index in [1.807, 2.05) is 31.4 Å². The lowest BCUT2D eigenvalue weighted by Gasteiger charge is -2.32. The fraction of sp³-hybridized carbons (Fsp3) is 0.444. The average molecular weight is 362 g/mol. The van der Waals surface area contributed by atoms with Crippen LogP contribution in [0.5, 0.6) is 0 Å². The maximum Gasteiger partial charge on any atom is 0.306 e. The van der Waals surface area contributed by atoms with Crippen molar-refractivity contribution in [3.63, 3.8) is 0 Å². The highest BCUT2D eigenvalue weighted by atomic mass is 32.1. The molecular weight excluding hydrogens is 340 g/mol. The largest absolute Gasteiger partial charge is 0.481 e. The minimum atomic E-state index is -0.909. The molecule has 1 saturated heterocycles. The Hall–Kier alpha value is -2.12. The number of thiophene rings is 1. The van der Waals surface area contributed by atoms with Gasteiger partial charge in [0.05, 0.1) is 31.2 Å². The lowest BCUT2D eigenvalue weighted by Crippen LogP contribution is -2.46. The van der Waals surface area contributed by atoms with E-state index >= 15 is 0 Å². The first-order chi connectivity index (χ1) is 12.0. The highest BCUT2D eigenvalue weighted by Crippen LogP contribution is 2.22. The molecule has 7 heteroatoms. The number of rotatable bonds is 5. The van der Waals surface area contributed by atoms with Crippen LogP contribution in [0.3, 0.4) is 0 Å². The number of carbonyl (C=O) groups excluding carboxylic acids is 1. The monoisotopic (exact) mass is 362 g/mol. The Kier molecular flexibility index (Phi) is 5.24. The second-order valence-corrected chi connectivity index (χ2v) is 7.32. The van der Waals surface area contributed by atoms with E-state index in [9.17, 15) is 9.59 Å². The van der Waals surface area contributed by atoms with Gasteiger partial charge in [-0.05, 0) is 31.4 Å². The molecule has 0 aliphatic carbocycles. The normalized spacial score (nSPS) is 17.7. The van der Waals surface area contributed by atoms with Crippen LogP contribution in [0.4, 0.5) is 0 Å². The van der Waals surface area contributed by atoms with Gasteiger partial charge >= 0.3 is 5.97 Å². The maximum absolute atomic E-state index is 12.9. The third-order valence-corrected chi connectivity index (χ3v) is 5.39. The number of aromatic nitrogens is 1. The fourth-order valence-corrected chi connectivity index (χ4v) is 3.90. The van der Waals surface area contributed by atoms with Gasteiger partial charge in [-0.25, -0.2) is 0 Å². The Balaban J connectivity index is 1.77. The number of hydrogen-bond donors (Lipinski definition) is 1. The molecule has 0 spiro atoms. The van der Waals surface area contributed by atoms with Crippen LogP contribution in [0.15, 0.2) is 23.6 Å². The molecule has 1 aliphatic heterocycles. The molecule has 25 heavy (non-hydrogen) atoms. The van der Waals surface area contributed by atoms with Crippen molar-refractivity contribution in [1.29, 1.82) is 0 Å². The van der Waals surface area contributed by atoms with Crippen molar-refractivity contribution in [3.8, 4) is 0 Å². The number of nitrogens with zero attached hydrogens (tertiary/aromatic N) is 2. The molecule has 0 aromatic carbocycles. The molecule has 1 amide bonds. The van der Waals surface area contributed by atoms with Crippen LogP contribution < -0.4 is 0 Å². The molecule has 2 aromatic rings. The minimum Gasteiger partial charge on any atom is -0.481 e. The average Bonchev–Trinajstić information content (AvgIpc) is 3.17. The molecule has 0 bridgehead atoms. The molecule has 3 heterocycles. The predicted octanol–water partition coefficient (Wildman–Crippen LogP) is 2.53. The van der Waals surface area contributed by atoms with Gasteiger partial charge in [0.15, 0.2) is 0 Å². The standard InChI is InChI=1S/C18H22N2O4S/c1-12-8-16(13(2)20(12)11-15-4-3-7-25-15)18(23)19-5-6-24-14(10-19)9-17(21)22/h3-4,7-8,14H,5-6,9-11H2,1-2H3,(H,21,22). The van der Waals surface area contributed by atoms with Crippen molar-refractivity contribution < 1.29 is 19.4 Å². The maximum atomic E-state index is 12.9. The van der Waals surface area contributed by atoms with E-state index in [1.54, 1.807) is 16.2 Å². The van der Waals surface area contributed by atoms with E-state index in [4.69, 9.17) is 9.84 Å². The van der Waals surface area contributed by atoms with Gasteiger partial charge in [0.1, 0.15) is 0 Å². The third-order valence-electron chi connectivity index (χ3n) is 4.53. The molecule has 2 aromatic heterocycles. The number of morpholine rings is 1. The minimum absolute atomic E-state index is 0.0516. The summed E-state index contributed by atoms with van der Waals surface area (Å²) in [6.45, 7) is 5.90. The number of hydrogen-bond acceptors (Lipinski definition) is 4. The smallest absolute Gasteiger partial charge is 0.306 e. The van der Waals surface area contributed by atoms with Crippen molar-refractivity contribution in [2.45, 2.75) is 32.9 Å². The van der Waals surface area contributed by atoms with Gasteiger partial charge in [0.2, 0.25) is 0 Å². The summed E-state index contributed by atoms with van der Waals surface area (Å²) in [5.41, 5.74) is 2.67. The first kappa shape index (κ1) is 17.7. The van der Waals surface area contributed by atoms with Crippen LogP contribution in [0.2, 0.25) is 0 Å². The Bertz CT molecular complexity index is 766. The summed E-state index contributed by atoms with van der Waals surface area (Å²) in [5, 5.41) is 11.0. The van der Waals surface area contributed by atoms with E-state index in [1.165, 1.54) is 4.88 Å². The highest BCUT2D eigenvalue weighted by Gasteiger charge is 2.28. The van der Waals surface area contributed by atoms with Crippen LogP contribution in [0.25, 0.3) is 0 Å². The van der Waals surface area contributed by atoms with Gasteiger partial charge in [0.25, 0.3) is 5.91 Å². The van der Waals surface area contributed by atoms with E-state index in [0.717, 1.165) is 17.9 Å². The number of ether oxygens (including phenoxy) is 1. The molecule has 1 fully saturated rings. The fourth-order valence-electron chi connectivity index (χ4n) is 3.21. The second kappa shape index (κ2) is 7.41. The van der Waals surface area contributed by atoms with Crippen molar-refractivity contribution in [2.75, 3.05) is 19.7 Å². The Morgan fingerprint density at radius 3 is 2.88 bits per heavy atom. The van der Waals surface area contributed by atoms with Crippen LogP contribution in [0, 0.1) is 13.8 Å². The van der Waals surface area contributed by atoms with Crippen molar-refractivity contribution in [2.24, 2.45) is 0 Å². The summed E-state index contributed by atoms with van der Waals surface area (Å²) in [4.78, 5) is 26.8. The van der Waals surface area contributed by atoms with Gasteiger partial charge in [-0.2, -0.15) is 0 Å². The zero-order valence-electron chi connectivity index (χ0n) is 14.4. The van der Waals surface area contributed by atoms with Gasteiger partial charge < -0.3 is 19.3 Å². The number of carbonyl (C=O) groups is 2. The zero-order chi connectivity index (χ0) is 18.0. The summed E-state index contributed by atoms with van der Waals surface area (Å²) in [6, 6.07) is 6.03. The van der Waals surface area contributed by atoms with Crippen LogP contribution >= 0.6 is 11.3 Å². The lowest BCUT2D eigenvalue weighted by atomic mass is 10.1. The Morgan fingerprint density at radius 2 is 2.20 bits per heavy atom. The van der Waals surface area contributed by atoms with E-state index in [2.05, 4.69) is 10.6 Å². The molecule has 0 radical (unpaired) electrons. The van der Waals surface area contributed by atoms with Crippen molar-refractivity contribution >= 4 is 23.2 Å². The van der Waals surface area contributed by atoms with Crippen molar-refractivity contribution in [3.05, 3.63) is 45.4 Å². The molecule has 3 rings (SSSR count). The molecule has 1 N–H and O–H groups in total. The topological polar surface area (TPSA) is 71.8 Å². The molecule has 1 aliphatic rings. The number of carboxylic acid groups (broad SMARTS) is 1. The van der Waals surface area contributed by atoms with Gasteiger partial charge in [-0.1, -0.05) is 6.07 Å². The number of aryl methyl sites for hydroxylation is 1. The first-order valence-corrected chi connectivity index (χ1v) is 9.15. The zero-order valence-corrected chi connectivity index (χ0v) is 15.2. The first-order valence-electron chi connectivity index (χ1n) is 8.27. The van der Waals surface area contributed by atoms with Gasteiger partial charge in [-0.15, -0.1) is 11.3 Å². The molecule has 1 unspecified atom stereocenters. The molecular formula is C18H22N2O4S. The summed E-state index contributed by atoms with van der Waals surface area (Å²) in [7, 11) is 0. The van der Waals surface area contributed by atoms with Crippen LogP contribution in [-0.2, 0) is 16.1 Å². The van der Waals surface area contributed by atoms with Gasteiger partial charge in [-0.3, -0.25) is 9.59 Å². The SMILES string of the molecule is Cc1cc(C(=O)N2CCOC(CC(=O)O)C2)c(C)n1Cc1cccs1. The van der Waals surface area contributed by atoms with Crippen LogP contribution in [-0.4, -0.2) is 52.3 Å². The summed E-state index contributed by atoms with van der Waals surface area (Å²) < 4.78 is 7.60.